The van der Waals surface area contributed by atoms with Crippen molar-refractivity contribution in [2.75, 3.05) is 12.4 Å². The molecule has 8 heteroatoms. The molecule has 2 N–H and O–H groups in total. The molecule has 2 aromatic heterocycles. The third-order valence-corrected chi connectivity index (χ3v) is 6.61. The number of fused-ring (bicyclic) bond motifs is 3. The van der Waals surface area contributed by atoms with Gasteiger partial charge in [0.05, 0.1) is 18.1 Å². The second kappa shape index (κ2) is 7.60. The van der Waals surface area contributed by atoms with Crippen LogP contribution in [0.4, 0.5) is 0 Å². The molecule has 3 heterocycles. The van der Waals surface area contributed by atoms with Crippen molar-refractivity contribution in [1.82, 2.24) is 9.88 Å². The van der Waals surface area contributed by atoms with Gasteiger partial charge in [-0.3, -0.25) is 4.79 Å². The van der Waals surface area contributed by atoms with Crippen LogP contribution >= 0.6 is 27.3 Å². The van der Waals surface area contributed by atoms with Gasteiger partial charge < -0.3 is 19.7 Å². The Morgan fingerprint density at radius 1 is 1.43 bits per heavy atom. The summed E-state index contributed by atoms with van der Waals surface area (Å²) >= 11 is 4.76. The van der Waals surface area contributed by atoms with Gasteiger partial charge in [0.15, 0.2) is 0 Å². The highest BCUT2D eigenvalue weighted by Crippen LogP contribution is 2.46. The van der Waals surface area contributed by atoms with E-state index in [0.29, 0.717) is 23.7 Å². The fourth-order valence-corrected chi connectivity index (χ4v) is 4.92. The lowest BCUT2D eigenvalue weighted by molar-refractivity contribution is -0.117. The lowest BCUT2D eigenvalue weighted by Gasteiger charge is -2.35. The van der Waals surface area contributed by atoms with Gasteiger partial charge in [0, 0.05) is 28.6 Å². The van der Waals surface area contributed by atoms with Crippen molar-refractivity contribution in [1.29, 1.82) is 0 Å². The molecular weight excluding hydrogens is 444 g/mol. The Morgan fingerprint density at radius 3 is 2.89 bits per heavy atom. The number of hydrogen-bond acceptors (Lipinski definition) is 4. The molecule has 0 saturated heterocycles. The van der Waals surface area contributed by atoms with Crippen LogP contribution in [0.15, 0.2) is 47.2 Å². The summed E-state index contributed by atoms with van der Waals surface area (Å²) in [6, 6.07) is 5.74. The number of carbonyl (C=O) groups is 2. The van der Waals surface area contributed by atoms with Crippen LogP contribution < -0.4 is 5.32 Å². The molecule has 28 heavy (non-hydrogen) atoms. The Morgan fingerprint density at radius 2 is 2.25 bits per heavy atom. The van der Waals surface area contributed by atoms with Gasteiger partial charge in [-0.25, -0.2) is 4.79 Å². The number of nitrogens with zero attached hydrogens (tertiary/aromatic N) is 1. The maximum absolute atomic E-state index is 11.9. The molecule has 0 bridgehead atoms. The van der Waals surface area contributed by atoms with E-state index in [9.17, 15) is 14.7 Å². The van der Waals surface area contributed by atoms with Gasteiger partial charge in [-0.05, 0) is 42.0 Å². The zero-order valence-electron chi connectivity index (χ0n) is 15.1. The van der Waals surface area contributed by atoms with Crippen LogP contribution in [0.5, 0.6) is 0 Å². The lowest BCUT2D eigenvalue weighted by Crippen LogP contribution is -2.32. The van der Waals surface area contributed by atoms with Gasteiger partial charge in [-0.15, -0.1) is 11.3 Å². The van der Waals surface area contributed by atoms with E-state index in [0.717, 1.165) is 22.6 Å². The molecule has 0 aromatic carbocycles. The number of nitrogens with one attached hydrogen (secondary N) is 1. The number of allylic oxidation sites excluding steroid dienone is 2. The number of methoxy groups -OCH3 is 1. The molecule has 0 saturated carbocycles. The quantitative estimate of drug-likeness (QED) is 0.658. The van der Waals surface area contributed by atoms with Gasteiger partial charge in [-0.1, -0.05) is 22.0 Å². The number of halogens is 1. The minimum atomic E-state index is -0.928. The van der Waals surface area contributed by atoms with E-state index in [1.807, 2.05) is 34.2 Å². The maximum atomic E-state index is 11.9. The number of carboxylic acids is 1. The zero-order chi connectivity index (χ0) is 19.8. The summed E-state index contributed by atoms with van der Waals surface area (Å²) in [5.41, 5.74) is 2.85. The fraction of sp³-hybridized carbons (Fsp3) is 0.300. The van der Waals surface area contributed by atoms with E-state index >= 15 is 0 Å². The molecule has 2 atom stereocenters. The minimum absolute atomic E-state index is 0.0384. The average molecular weight is 463 g/mol. The van der Waals surface area contributed by atoms with Gasteiger partial charge in [0.1, 0.15) is 11.5 Å². The molecular formula is C20H19BrN2O4S. The van der Waals surface area contributed by atoms with Crippen LogP contribution in [0.2, 0.25) is 0 Å². The third-order valence-electron chi connectivity index (χ3n) is 5.20. The Kier molecular flexibility index (Phi) is 5.16. The van der Waals surface area contributed by atoms with E-state index in [1.54, 1.807) is 24.5 Å². The van der Waals surface area contributed by atoms with Crippen LogP contribution in [0.25, 0.3) is 10.4 Å². The summed E-state index contributed by atoms with van der Waals surface area (Å²) in [7, 11) is 1.59. The van der Waals surface area contributed by atoms with Gasteiger partial charge in [-0.2, -0.15) is 0 Å². The van der Waals surface area contributed by atoms with Crippen molar-refractivity contribution < 1.29 is 19.4 Å². The Hall–Kier alpha value is -2.32. The smallest absolute Gasteiger partial charge is 0.352 e. The second-order valence-corrected chi connectivity index (χ2v) is 8.25. The predicted molar refractivity (Wildman–Crippen MR) is 111 cm³/mol. The Balaban J connectivity index is 1.85. The number of aromatic nitrogens is 1. The molecule has 0 spiro atoms. The third kappa shape index (κ3) is 3.20. The number of carbonyl (C=O) groups excluding carboxylic acids is 1. The van der Waals surface area contributed by atoms with Crippen molar-refractivity contribution in [3.05, 3.63) is 58.6 Å². The number of thiophene rings is 1. The van der Waals surface area contributed by atoms with Crippen molar-refractivity contribution in [2.24, 2.45) is 5.92 Å². The number of amides is 1. The summed E-state index contributed by atoms with van der Waals surface area (Å²) in [6.45, 7) is 0.633. The lowest BCUT2D eigenvalue weighted by atomic mass is 9.79. The van der Waals surface area contributed by atoms with E-state index < -0.39 is 5.97 Å². The van der Waals surface area contributed by atoms with Crippen molar-refractivity contribution in [3.8, 4) is 10.4 Å². The van der Waals surface area contributed by atoms with Crippen molar-refractivity contribution in [3.63, 3.8) is 0 Å². The van der Waals surface area contributed by atoms with E-state index in [1.165, 1.54) is 0 Å². The standard InChI is InChI=1S/C20H19BrN2O4S/c1-27-16-7-11-4-5-23-15(20(25)26)9-13(17-3-2-6-28-17)19(23)12(11)8-14(16)22-18(24)10-21/h2-3,6-9,11-12H,4-5,10H2,1H3,(H,22,24)(H,25,26). The number of alkyl halides is 1. The molecule has 146 valence electrons. The molecule has 1 amide bonds. The summed E-state index contributed by atoms with van der Waals surface area (Å²) in [6.07, 6.45) is 4.85. The first-order chi connectivity index (χ1) is 13.5. The van der Waals surface area contributed by atoms with Gasteiger partial charge in [0.2, 0.25) is 5.91 Å². The highest BCUT2D eigenvalue weighted by Gasteiger charge is 2.36. The second-order valence-electron chi connectivity index (χ2n) is 6.74. The largest absolute Gasteiger partial charge is 0.495 e. The van der Waals surface area contributed by atoms with E-state index in [2.05, 4.69) is 21.2 Å². The molecule has 6 nitrogen and oxygen atoms in total. The van der Waals surface area contributed by atoms with Crippen LogP contribution in [0, 0.1) is 5.92 Å². The van der Waals surface area contributed by atoms with Gasteiger partial charge in [0.25, 0.3) is 0 Å². The first kappa shape index (κ1) is 19.0. The normalized spacial score (nSPS) is 20.5. The summed E-state index contributed by atoms with van der Waals surface area (Å²) in [4.78, 5) is 24.8. The summed E-state index contributed by atoms with van der Waals surface area (Å²) in [5.74, 6) is -0.302. The average Bonchev–Trinajstić information content (AvgIpc) is 3.34. The Bertz CT molecular complexity index is 990. The number of ether oxygens (including phenoxy) is 1. The molecule has 0 fully saturated rings. The van der Waals surface area contributed by atoms with Crippen LogP contribution in [-0.4, -0.2) is 34.0 Å². The number of carboxylic acid groups (broad SMARTS) is 1. The number of rotatable bonds is 5. The van der Waals surface area contributed by atoms with Gasteiger partial charge >= 0.3 is 5.97 Å². The SMILES string of the molecule is COC1=CC2CCn3c(C(=O)O)cc(-c4cccs4)c3C2C=C1NC(=O)CBr. The van der Waals surface area contributed by atoms with Crippen molar-refractivity contribution >= 4 is 39.1 Å². The highest BCUT2D eigenvalue weighted by molar-refractivity contribution is 9.09. The van der Waals surface area contributed by atoms with E-state index in [-0.39, 0.29) is 23.1 Å². The predicted octanol–water partition coefficient (Wildman–Crippen LogP) is 3.96. The van der Waals surface area contributed by atoms with Crippen LogP contribution in [0.3, 0.4) is 0 Å². The minimum Gasteiger partial charge on any atom is -0.495 e. The summed E-state index contributed by atoms with van der Waals surface area (Å²) < 4.78 is 7.40. The first-order valence-electron chi connectivity index (χ1n) is 8.88. The topological polar surface area (TPSA) is 80.6 Å². The fourth-order valence-electron chi connectivity index (χ4n) is 4.03. The summed E-state index contributed by atoms with van der Waals surface area (Å²) in [5, 5.41) is 14.8. The van der Waals surface area contributed by atoms with Crippen LogP contribution in [-0.2, 0) is 16.1 Å². The first-order valence-corrected chi connectivity index (χ1v) is 10.9. The zero-order valence-corrected chi connectivity index (χ0v) is 17.5. The molecule has 4 rings (SSSR count). The molecule has 2 aromatic rings. The number of hydrogen-bond donors (Lipinski definition) is 2. The van der Waals surface area contributed by atoms with Crippen molar-refractivity contribution in [2.45, 2.75) is 18.9 Å². The van der Waals surface area contributed by atoms with Crippen LogP contribution in [0.1, 0.15) is 28.5 Å². The highest BCUT2D eigenvalue weighted by atomic mass is 79.9. The molecule has 2 unspecified atom stereocenters. The molecule has 1 aliphatic carbocycles. The monoisotopic (exact) mass is 462 g/mol. The Labute approximate surface area is 174 Å². The molecule has 1 aliphatic heterocycles. The molecule has 2 aliphatic rings. The van der Waals surface area contributed by atoms with E-state index in [4.69, 9.17) is 4.74 Å². The number of aromatic carboxylic acids is 1. The molecule has 0 radical (unpaired) electrons. The maximum Gasteiger partial charge on any atom is 0.352 e.